The molecule has 0 saturated carbocycles. The molecular formula is C12H22N4O4. The molecule has 0 rings (SSSR count). The lowest BCUT2D eigenvalue weighted by molar-refractivity contribution is -0.139. The molecule has 0 heterocycles. The quantitative estimate of drug-likeness (QED) is 0.442. The molecule has 2 N–H and O–H groups in total. The van der Waals surface area contributed by atoms with Gasteiger partial charge in [-0.25, -0.2) is 4.79 Å². The van der Waals surface area contributed by atoms with Gasteiger partial charge in [0, 0.05) is 4.91 Å². The van der Waals surface area contributed by atoms with Crippen LogP contribution in [0.25, 0.3) is 10.4 Å². The van der Waals surface area contributed by atoms with Crippen molar-refractivity contribution < 1.29 is 19.4 Å². The van der Waals surface area contributed by atoms with E-state index in [0.717, 1.165) is 0 Å². The molecule has 0 aromatic heterocycles. The second-order valence-electron chi connectivity index (χ2n) is 5.55. The van der Waals surface area contributed by atoms with Gasteiger partial charge in [-0.1, -0.05) is 25.4 Å². The van der Waals surface area contributed by atoms with Crippen LogP contribution in [0, 0.1) is 5.92 Å². The minimum Gasteiger partial charge on any atom is -0.481 e. The Labute approximate surface area is 118 Å². The van der Waals surface area contributed by atoms with Crippen molar-refractivity contribution in [3.05, 3.63) is 10.4 Å². The molecule has 0 radical (unpaired) electrons. The summed E-state index contributed by atoms with van der Waals surface area (Å²) >= 11 is 0. The monoisotopic (exact) mass is 286 g/mol. The number of carboxylic acid groups (broad SMARTS) is 1. The molecule has 0 fully saturated rings. The lowest BCUT2D eigenvalue weighted by Crippen LogP contribution is -2.50. The van der Waals surface area contributed by atoms with Crippen molar-refractivity contribution in [1.29, 1.82) is 0 Å². The van der Waals surface area contributed by atoms with Crippen molar-refractivity contribution in [2.24, 2.45) is 11.0 Å². The number of hydrogen-bond acceptors (Lipinski definition) is 4. The van der Waals surface area contributed by atoms with Crippen molar-refractivity contribution in [1.82, 2.24) is 5.32 Å². The Balaban J connectivity index is 5.11. The lowest BCUT2D eigenvalue weighted by atomic mass is 9.93. The van der Waals surface area contributed by atoms with E-state index in [4.69, 9.17) is 15.4 Å². The summed E-state index contributed by atoms with van der Waals surface area (Å²) in [6.45, 7) is 8.72. The summed E-state index contributed by atoms with van der Waals surface area (Å²) in [5, 5.41) is 14.8. The molecule has 8 nitrogen and oxygen atoms in total. The van der Waals surface area contributed by atoms with E-state index in [1.165, 1.54) is 0 Å². The number of hydrogen-bond donors (Lipinski definition) is 2. The van der Waals surface area contributed by atoms with E-state index in [1.807, 2.05) is 6.92 Å². The van der Waals surface area contributed by atoms with E-state index in [0.29, 0.717) is 6.42 Å². The van der Waals surface area contributed by atoms with Crippen LogP contribution in [0.4, 0.5) is 4.79 Å². The highest BCUT2D eigenvalue weighted by Crippen LogP contribution is 2.16. The van der Waals surface area contributed by atoms with Crippen LogP contribution >= 0.6 is 0 Å². The molecule has 0 bridgehead atoms. The minimum absolute atomic E-state index is 0.186. The number of rotatable bonds is 6. The minimum atomic E-state index is -1.37. The van der Waals surface area contributed by atoms with Crippen LogP contribution in [0.1, 0.15) is 41.0 Å². The van der Waals surface area contributed by atoms with Crippen molar-refractivity contribution in [2.75, 3.05) is 0 Å². The molecular weight excluding hydrogens is 264 g/mol. The summed E-state index contributed by atoms with van der Waals surface area (Å²) in [6, 6.07) is -2.20. The first kappa shape index (κ1) is 18.0. The Morgan fingerprint density at radius 2 is 2.00 bits per heavy atom. The van der Waals surface area contributed by atoms with Crippen LogP contribution in [-0.4, -0.2) is 34.9 Å². The van der Waals surface area contributed by atoms with E-state index < -0.39 is 29.7 Å². The first-order valence-electron chi connectivity index (χ1n) is 6.39. The Kier molecular flexibility index (Phi) is 6.85. The van der Waals surface area contributed by atoms with Crippen LogP contribution in [0.3, 0.4) is 0 Å². The number of aliphatic carboxylic acids is 1. The molecule has 3 atom stereocenters. The third-order valence-corrected chi connectivity index (χ3v) is 2.71. The zero-order valence-corrected chi connectivity index (χ0v) is 12.5. The Hall–Kier alpha value is -1.95. The second-order valence-corrected chi connectivity index (χ2v) is 5.55. The zero-order valence-electron chi connectivity index (χ0n) is 12.5. The predicted molar refractivity (Wildman–Crippen MR) is 73.2 cm³/mol. The summed E-state index contributed by atoms with van der Waals surface area (Å²) in [6.07, 6.45) is -0.118. The predicted octanol–water partition coefficient (Wildman–Crippen LogP) is 2.69. The van der Waals surface area contributed by atoms with E-state index in [-0.39, 0.29) is 5.92 Å². The number of carbonyl (C=O) groups is 2. The molecule has 1 amide bonds. The fraction of sp³-hybridized carbons (Fsp3) is 0.833. The average molecular weight is 286 g/mol. The van der Waals surface area contributed by atoms with Crippen LogP contribution in [0.5, 0.6) is 0 Å². The highest BCUT2D eigenvalue weighted by atomic mass is 16.6. The van der Waals surface area contributed by atoms with Crippen molar-refractivity contribution in [3.8, 4) is 0 Å². The summed E-state index contributed by atoms with van der Waals surface area (Å²) in [5.41, 5.74) is 7.77. The highest BCUT2D eigenvalue weighted by molar-refractivity contribution is 5.76. The van der Waals surface area contributed by atoms with Gasteiger partial charge in [-0.15, -0.1) is 0 Å². The van der Waals surface area contributed by atoms with Gasteiger partial charge in [0.15, 0.2) is 6.04 Å². The number of azide groups is 1. The van der Waals surface area contributed by atoms with Gasteiger partial charge in [-0.2, -0.15) is 0 Å². The first-order chi connectivity index (χ1) is 9.12. The summed E-state index contributed by atoms with van der Waals surface area (Å²) < 4.78 is 5.09. The molecule has 0 aliphatic rings. The molecule has 0 aromatic carbocycles. The molecule has 20 heavy (non-hydrogen) atoms. The Morgan fingerprint density at radius 1 is 1.45 bits per heavy atom. The molecule has 0 saturated heterocycles. The van der Waals surface area contributed by atoms with Gasteiger partial charge in [0.1, 0.15) is 5.60 Å². The van der Waals surface area contributed by atoms with Gasteiger partial charge < -0.3 is 15.2 Å². The maximum absolute atomic E-state index is 11.8. The van der Waals surface area contributed by atoms with Gasteiger partial charge in [0.25, 0.3) is 0 Å². The van der Waals surface area contributed by atoms with Crippen molar-refractivity contribution in [2.45, 2.75) is 58.7 Å². The highest BCUT2D eigenvalue weighted by Gasteiger charge is 2.33. The maximum Gasteiger partial charge on any atom is 0.407 e. The van der Waals surface area contributed by atoms with Crippen LogP contribution in [-0.2, 0) is 9.53 Å². The Bertz CT molecular complexity index is 397. The van der Waals surface area contributed by atoms with Gasteiger partial charge in [-0.05, 0) is 32.2 Å². The number of carboxylic acids is 1. The van der Waals surface area contributed by atoms with E-state index >= 15 is 0 Å². The average Bonchev–Trinajstić information content (AvgIpc) is 2.30. The van der Waals surface area contributed by atoms with Gasteiger partial charge >= 0.3 is 12.1 Å². The lowest BCUT2D eigenvalue weighted by Gasteiger charge is -2.28. The number of amides is 1. The van der Waals surface area contributed by atoms with Gasteiger partial charge in [-0.3, -0.25) is 4.79 Å². The fourth-order valence-corrected chi connectivity index (χ4v) is 1.56. The molecule has 0 aromatic rings. The fourth-order valence-electron chi connectivity index (χ4n) is 1.56. The molecule has 114 valence electrons. The maximum atomic E-state index is 11.8. The number of carbonyl (C=O) groups excluding carboxylic acids is 1. The third kappa shape index (κ3) is 6.29. The number of ether oxygens (including phenoxy) is 1. The first-order valence-corrected chi connectivity index (χ1v) is 6.39. The number of alkyl carbamates (subject to hydrolysis) is 1. The van der Waals surface area contributed by atoms with E-state index in [9.17, 15) is 9.59 Å². The van der Waals surface area contributed by atoms with Crippen LogP contribution < -0.4 is 5.32 Å². The van der Waals surface area contributed by atoms with E-state index in [2.05, 4.69) is 15.3 Å². The molecule has 1 unspecified atom stereocenters. The standard InChI is InChI=1S/C12H22N4O4/c1-6-7(2)8(9(10(17)18)15-16-13)14-11(19)20-12(3,4)5/h7-9H,6H2,1-5H3,(H,14,19)(H,17,18)/t7-,8+,9?/m1/s1. The normalized spacial score (nSPS) is 15.4. The van der Waals surface area contributed by atoms with Crippen molar-refractivity contribution in [3.63, 3.8) is 0 Å². The second kappa shape index (κ2) is 7.59. The summed E-state index contributed by atoms with van der Waals surface area (Å²) in [5.74, 6) is -1.47. The molecule has 0 spiro atoms. The van der Waals surface area contributed by atoms with E-state index in [1.54, 1.807) is 27.7 Å². The Morgan fingerprint density at radius 3 is 2.35 bits per heavy atom. The van der Waals surface area contributed by atoms with Crippen LogP contribution in [0.15, 0.2) is 5.11 Å². The smallest absolute Gasteiger partial charge is 0.407 e. The van der Waals surface area contributed by atoms with Crippen LogP contribution in [0.2, 0.25) is 0 Å². The van der Waals surface area contributed by atoms with Gasteiger partial charge in [0.2, 0.25) is 0 Å². The molecule has 0 aliphatic heterocycles. The molecule has 8 heteroatoms. The van der Waals surface area contributed by atoms with Crippen molar-refractivity contribution >= 4 is 12.1 Å². The number of nitrogens with one attached hydrogen (secondary N) is 1. The largest absolute Gasteiger partial charge is 0.481 e. The summed E-state index contributed by atoms with van der Waals surface area (Å²) in [7, 11) is 0. The topological polar surface area (TPSA) is 124 Å². The SMILES string of the molecule is CC[C@@H](C)[C@H](NC(=O)OC(C)(C)C)C(N=[N+]=[N-])C(=O)O. The summed E-state index contributed by atoms with van der Waals surface area (Å²) in [4.78, 5) is 25.4. The number of nitrogens with zero attached hydrogens (tertiary/aromatic N) is 3. The van der Waals surface area contributed by atoms with Gasteiger partial charge in [0.05, 0.1) is 6.04 Å². The third-order valence-electron chi connectivity index (χ3n) is 2.71. The zero-order chi connectivity index (χ0) is 15.9. The molecule has 0 aliphatic carbocycles.